The van der Waals surface area contributed by atoms with E-state index in [1.807, 2.05) is 21.1 Å². The largest absolute Gasteiger partial charge is 0.756 e. The van der Waals surface area contributed by atoms with Gasteiger partial charge in [-0.1, -0.05) is 239 Å². The van der Waals surface area contributed by atoms with Gasteiger partial charge in [0.25, 0.3) is 7.82 Å². The molecule has 61 heavy (non-hydrogen) atoms. The summed E-state index contributed by atoms with van der Waals surface area (Å²) < 4.78 is 34.1. The second-order valence-corrected chi connectivity index (χ2v) is 20.7. The molecule has 0 aromatic carbocycles. The lowest BCUT2D eigenvalue weighted by molar-refractivity contribution is -0.870. The molecule has 0 N–H and O–H groups in total. The average Bonchev–Trinajstić information content (AvgIpc) is 3.21. The van der Waals surface area contributed by atoms with Crippen molar-refractivity contribution < 1.29 is 42.1 Å². The van der Waals surface area contributed by atoms with Gasteiger partial charge in [-0.2, -0.15) is 0 Å². The van der Waals surface area contributed by atoms with E-state index in [0.29, 0.717) is 17.4 Å². The number of quaternary nitrogens is 1. The lowest BCUT2D eigenvalue weighted by Crippen LogP contribution is -2.37. The van der Waals surface area contributed by atoms with Gasteiger partial charge in [-0.05, 0) is 12.8 Å². The van der Waals surface area contributed by atoms with Crippen molar-refractivity contribution in [3.63, 3.8) is 0 Å². The summed E-state index contributed by atoms with van der Waals surface area (Å²) in [6.45, 7) is 4.30. The number of phosphoric ester groups is 1. The fraction of sp³-hybridized carbons (Fsp3) is 0.961. The number of unbranched alkanes of at least 4 members (excludes halogenated alkanes) is 35. The highest BCUT2D eigenvalue weighted by Crippen LogP contribution is 2.38. The van der Waals surface area contributed by atoms with Crippen LogP contribution in [0.3, 0.4) is 0 Å². The van der Waals surface area contributed by atoms with Gasteiger partial charge < -0.3 is 27.9 Å². The molecule has 0 saturated carbocycles. The standard InChI is InChI=1S/C51H102NO8P/c1-6-8-10-12-14-16-18-20-22-24-25-26-28-29-31-33-35-37-39-41-43-50(53)57-47-49(48-59-61(55,56)58-46-45-52(3,4)5)60-51(54)44-42-40-38-36-34-32-30-27-23-21-19-17-15-13-11-9-7-2/h49H,6-48H2,1-5H3/t49-/m1/s1. The van der Waals surface area contributed by atoms with Crippen molar-refractivity contribution in [3.05, 3.63) is 0 Å². The van der Waals surface area contributed by atoms with Gasteiger partial charge in [0.05, 0.1) is 27.7 Å². The van der Waals surface area contributed by atoms with E-state index >= 15 is 0 Å². The zero-order chi connectivity index (χ0) is 45.0. The Morgan fingerprint density at radius 3 is 1.05 bits per heavy atom. The van der Waals surface area contributed by atoms with Crippen LogP contribution in [0.5, 0.6) is 0 Å². The molecule has 0 saturated heterocycles. The van der Waals surface area contributed by atoms with Crippen molar-refractivity contribution in [2.45, 2.75) is 270 Å². The van der Waals surface area contributed by atoms with Gasteiger partial charge in [-0.3, -0.25) is 14.2 Å². The Balaban J connectivity index is 4.18. The molecule has 2 atom stereocenters. The van der Waals surface area contributed by atoms with Crippen molar-refractivity contribution in [1.29, 1.82) is 0 Å². The maximum atomic E-state index is 12.7. The molecule has 9 nitrogen and oxygen atoms in total. The van der Waals surface area contributed by atoms with E-state index in [9.17, 15) is 19.0 Å². The van der Waals surface area contributed by atoms with E-state index < -0.39 is 26.5 Å². The topological polar surface area (TPSA) is 111 Å². The fourth-order valence-corrected chi connectivity index (χ4v) is 8.50. The molecule has 364 valence electrons. The zero-order valence-corrected chi connectivity index (χ0v) is 42.0. The van der Waals surface area contributed by atoms with Crippen molar-refractivity contribution in [2.24, 2.45) is 0 Å². The number of hydrogen-bond donors (Lipinski definition) is 0. The van der Waals surface area contributed by atoms with E-state index in [2.05, 4.69) is 13.8 Å². The SMILES string of the molecule is CCCCCCCCCCCCCCCCCCCCCCC(=O)OC[C@H](COP(=O)([O-])OCC[N+](C)(C)C)OC(=O)CCCCCCCCCCCCCCCCCCC. The minimum Gasteiger partial charge on any atom is -0.756 e. The van der Waals surface area contributed by atoms with Gasteiger partial charge in [0.15, 0.2) is 6.10 Å². The van der Waals surface area contributed by atoms with Crippen molar-refractivity contribution in [1.82, 2.24) is 0 Å². The van der Waals surface area contributed by atoms with Gasteiger partial charge in [-0.25, -0.2) is 0 Å². The molecule has 0 spiro atoms. The van der Waals surface area contributed by atoms with Crippen LogP contribution in [0.4, 0.5) is 0 Å². The van der Waals surface area contributed by atoms with Crippen LogP contribution < -0.4 is 4.89 Å². The zero-order valence-electron chi connectivity index (χ0n) is 41.1. The summed E-state index contributed by atoms with van der Waals surface area (Å²) in [5, 5.41) is 0. The fourth-order valence-electron chi connectivity index (χ4n) is 7.78. The van der Waals surface area contributed by atoms with Crippen LogP contribution in [0.15, 0.2) is 0 Å². The number of phosphoric acid groups is 1. The van der Waals surface area contributed by atoms with Crippen molar-refractivity contribution in [3.8, 4) is 0 Å². The van der Waals surface area contributed by atoms with E-state index in [-0.39, 0.29) is 32.0 Å². The number of ether oxygens (including phenoxy) is 2. The molecule has 0 heterocycles. The molecule has 0 radical (unpaired) electrons. The summed E-state index contributed by atoms with van der Waals surface area (Å²) in [5.74, 6) is -0.812. The maximum absolute atomic E-state index is 12.7. The van der Waals surface area contributed by atoms with E-state index in [1.54, 1.807) is 0 Å². The molecule has 0 rings (SSSR count). The van der Waals surface area contributed by atoms with Crippen LogP contribution in [0.2, 0.25) is 0 Å². The van der Waals surface area contributed by atoms with Gasteiger partial charge in [-0.15, -0.1) is 0 Å². The van der Waals surface area contributed by atoms with E-state index in [0.717, 1.165) is 32.1 Å². The number of rotatable bonds is 49. The Hall–Kier alpha value is -0.990. The van der Waals surface area contributed by atoms with Crippen molar-refractivity contribution in [2.75, 3.05) is 47.5 Å². The minimum atomic E-state index is -4.62. The lowest BCUT2D eigenvalue weighted by atomic mass is 10.0. The third-order valence-corrected chi connectivity index (χ3v) is 12.8. The van der Waals surface area contributed by atoms with E-state index in [4.69, 9.17) is 18.5 Å². The van der Waals surface area contributed by atoms with Crippen LogP contribution in [0.1, 0.15) is 264 Å². The van der Waals surface area contributed by atoms with Crippen LogP contribution in [-0.2, 0) is 32.7 Å². The first kappa shape index (κ1) is 60.0. The van der Waals surface area contributed by atoms with Crippen molar-refractivity contribution >= 4 is 19.8 Å². The third-order valence-electron chi connectivity index (χ3n) is 11.9. The molecule has 0 fully saturated rings. The van der Waals surface area contributed by atoms with Crippen LogP contribution in [0.25, 0.3) is 0 Å². The monoisotopic (exact) mass is 888 g/mol. The first-order valence-corrected chi connectivity index (χ1v) is 27.7. The molecular formula is C51H102NO8P. The van der Waals surface area contributed by atoms with E-state index in [1.165, 1.54) is 199 Å². The first-order valence-electron chi connectivity index (χ1n) is 26.2. The lowest BCUT2D eigenvalue weighted by Gasteiger charge is -2.28. The first-order chi connectivity index (χ1) is 29.5. The molecule has 0 aliphatic heterocycles. The quantitative estimate of drug-likeness (QED) is 0.0257. The second-order valence-electron chi connectivity index (χ2n) is 19.3. The molecule has 0 aromatic heterocycles. The average molecular weight is 888 g/mol. The highest BCUT2D eigenvalue weighted by molar-refractivity contribution is 7.45. The highest BCUT2D eigenvalue weighted by Gasteiger charge is 2.21. The summed E-state index contributed by atoms with van der Waals surface area (Å²) in [6.07, 6.45) is 47.0. The van der Waals surface area contributed by atoms with Crippen LogP contribution in [0, 0.1) is 0 Å². The number of likely N-dealkylation sites (N-methyl/N-ethyl adjacent to an activating group) is 1. The Bertz CT molecular complexity index is 1010. The van der Waals surface area contributed by atoms with Gasteiger partial charge in [0, 0.05) is 12.8 Å². The summed E-state index contributed by atoms with van der Waals surface area (Å²) in [4.78, 5) is 37.7. The predicted octanol–water partition coefficient (Wildman–Crippen LogP) is 14.9. The summed E-state index contributed by atoms with van der Waals surface area (Å²) in [5.41, 5.74) is 0. The molecular weight excluding hydrogens is 786 g/mol. The summed E-state index contributed by atoms with van der Waals surface area (Å²) in [7, 11) is 1.19. The predicted molar refractivity (Wildman–Crippen MR) is 255 cm³/mol. The normalized spacial score (nSPS) is 13.3. The maximum Gasteiger partial charge on any atom is 0.306 e. The number of esters is 2. The molecule has 1 unspecified atom stereocenters. The number of carbonyl (C=O) groups excluding carboxylic acids is 2. The van der Waals surface area contributed by atoms with Crippen LogP contribution in [-0.4, -0.2) is 70.0 Å². The molecule has 0 aliphatic carbocycles. The molecule has 0 bridgehead atoms. The van der Waals surface area contributed by atoms with Gasteiger partial charge in [0.2, 0.25) is 0 Å². The van der Waals surface area contributed by atoms with Gasteiger partial charge >= 0.3 is 11.9 Å². The van der Waals surface area contributed by atoms with Crippen LogP contribution >= 0.6 is 7.82 Å². The number of nitrogens with zero attached hydrogens (tertiary/aromatic N) is 1. The summed E-state index contributed by atoms with van der Waals surface area (Å²) in [6, 6.07) is 0. The van der Waals surface area contributed by atoms with Gasteiger partial charge in [0.1, 0.15) is 19.8 Å². The Morgan fingerprint density at radius 2 is 0.738 bits per heavy atom. The summed E-state index contributed by atoms with van der Waals surface area (Å²) >= 11 is 0. The highest BCUT2D eigenvalue weighted by atomic mass is 31.2. The molecule has 0 amide bonds. The Morgan fingerprint density at radius 1 is 0.443 bits per heavy atom. The number of hydrogen-bond acceptors (Lipinski definition) is 8. The molecule has 10 heteroatoms. The smallest absolute Gasteiger partial charge is 0.306 e. The molecule has 0 aromatic rings. The minimum absolute atomic E-state index is 0.0253. The Labute approximate surface area is 378 Å². The second kappa shape index (κ2) is 44.2. The Kier molecular flexibility index (Phi) is 43.5. The molecule has 0 aliphatic rings. The number of carbonyl (C=O) groups is 2. The third kappa shape index (κ3) is 48.3.